The van der Waals surface area contributed by atoms with Crippen LogP contribution in [-0.4, -0.2) is 35.2 Å². The van der Waals surface area contributed by atoms with Gasteiger partial charge in [-0.2, -0.15) is 0 Å². The molecule has 1 aromatic rings. The van der Waals surface area contributed by atoms with Gasteiger partial charge in [0.25, 0.3) is 5.69 Å². The molecule has 1 aliphatic rings. The molecule has 0 radical (unpaired) electrons. The van der Waals surface area contributed by atoms with Gasteiger partial charge in [0.05, 0.1) is 22.1 Å². The zero-order valence-electron chi connectivity index (χ0n) is 11.3. The van der Waals surface area contributed by atoms with Crippen molar-refractivity contribution in [3.8, 4) is 0 Å². The van der Waals surface area contributed by atoms with Crippen molar-refractivity contribution in [2.24, 2.45) is 5.92 Å². The van der Waals surface area contributed by atoms with Gasteiger partial charge in [0.15, 0.2) is 0 Å². The van der Waals surface area contributed by atoms with Crippen molar-refractivity contribution in [1.82, 2.24) is 4.90 Å². The summed E-state index contributed by atoms with van der Waals surface area (Å²) in [6, 6.07) is 4.52. The Labute approximate surface area is 115 Å². The Morgan fingerprint density at radius 1 is 1.50 bits per heavy atom. The molecule has 1 saturated heterocycles. The van der Waals surface area contributed by atoms with Crippen molar-refractivity contribution in [3.63, 3.8) is 0 Å². The van der Waals surface area contributed by atoms with Crippen LogP contribution in [0.15, 0.2) is 18.2 Å². The zero-order chi connectivity index (χ0) is 14.9. The highest BCUT2D eigenvalue weighted by Gasteiger charge is 2.32. The van der Waals surface area contributed by atoms with Crippen LogP contribution in [0.3, 0.4) is 0 Å². The summed E-state index contributed by atoms with van der Waals surface area (Å²) in [7, 11) is 1.65. The number of carbonyl (C=O) groups is 2. The monoisotopic (exact) mass is 277 g/mol. The van der Waals surface area contributed by atoms with Crippen LogP contribution in [0.2, 0.25) is 0 Å². The Bertz CT molecular complexity index is 585. The van der Waals surface area contributed by atoms with E-state index < -0.39 is 10.8 Å². The molecule has 0 spiro atoms. The quantitative estimate of drug-likeness (QED) is 0.666. The first-order chi connectivity index (χ1) is 9.40. The Kier molecular flexibility index (Phi) is 3.69. The highest BCUT2D eigenvalue weighted by atomic mass is 16.6. The fraction of sp³-hybridized carbons (Fsp3) is 0.385. The van der Waals surface area contributed by atoms with E-state index >= 15 is 0 Å². The summed E-state index contributed by atoms with van der Waals surface area (Å²) >= 11 is 0. The summed E-state index contributed by atoms with van der Waals surface area (Å²) in [6.07, 6.45) is 0.177. The second kappa shape index (κ2) is 5.28. The van der Waals surface area contributed by atoms with E-state index in [9.17, 15) is 19.7 Å². The van der Waals surface area contributed by atoms with E-state index in [0.717, 1.165) is 0 Å². The second-order valence-corrected chi connectivity index (χ2v) is 4.87. The van der Waals surface area contributed by atoms with Crippen molar-refractivity contribution in [3.05, 3.63) is 33.9 Å². The smallest absolute Gasteiger partial charge is 0.274 e. The van der Waals surface area contributed by atoms with E-state index in [4.69, 9.17) is 0 Å². The number of hydrogen-bond donors (Lipinski definition) is 1. The average molecular weight is 277 g/mol. The van der Waals surface area contributed by atoms with Gasteiger partial charge < -0.3 is 10.2 Å². The molecule has 0 unspecified atom stereocenters. The van der Waals surface area contributed by atoms with Gasteiger partial charge >= 0.3 is 0 Å². The van der Waals surface area contributed by atoms with E-state index in [2.05, 4.69) is 5.32 Å². The topological polar surface area (TPSA) is 92.6 Å². The van der Waals surface area contributed by atoms with Gasteiger partial charge in [0.2, 0.25) is 11.8 Å². The number of nitrogens with one attached hydrogen (secondary N) is 1. The standard InChI is InChI=1S/C13H15N3O4/c1-8-10(4-3-5-11(8)16(19)20)14-13(18)9-6-12(17)15(2)7-9/h3-5,9H,6-7H2,1-2H3,(H,14,18)/t9-/m0/s1. The molecule has 1 heterocycles. The normalized spacial score (nSPS) is 18.2. The molecule has 2 rings (SSSR count). The Morgan fingerprint density at radius 2 is 2.20 bits per heavy atom. The molecule has 0 saturated carbocycles. The number of hydrogen-bond acceptors (Lipinski definition) is 4. The first kappa shape index (κ1) is 14.0. The number of likely N-dealkylation sites (tertiary alicyclic amines) is 1. The van der Waals surface area contributed by atoms with Crippen LogP contribution in [0.25, 0.3) is 0 Å². The molecule has 20 heavy (non-hydrogen) atoms. The highest BCUT2D eigenvalue weighted by Crippen LogP contribution is 2.26. The van der Waals surface area contributed by atoms with Crippen LogP contribution in [0, 0.1) is 23.0 Å². The molecule has 1 fully saturated rings. The molecule has 1 N–H and O–H groups in total. The van der Waals surface area contributed by atoms with Crippen LogP contribution < -0.4 is 5.32 Å². The van der Waals surface area contributed by atoms with E-state index in [-0.39, 0.29) is 23.9 Å². The zero-order valence-corrected chi connectivity index (χ0v) is 11.3. The lowest BCUT2D eigenvalue weighted by atomic mass is 10.1. The van der Waals surface area contributed by atoms with E-state index in [0.29, 0.717) is 17.8 Å². The van der Waals surface area contributed by atoms with Crippen LogP contribution in [0.4, 0.5) is 11.4 Å². The van der Waals surface area contributed by atoms with Crippen molar-refractivity contribution < 1.29 is 14.5 Å². The number of benzene rings is 1. The predicted octanol–water partition coefficient (Wildman–Crippen LogP) is 1.32. The number of amides is 2. The molecule has 7 nitrogen and oxygen atoms in total. The molecule has 2 amide bonds. The Morgan fingerprint density at radius 3 is 2.75 bits per heavy atom. The van der Waals surface area contributed by atoms with Gasteiger partial charge in [-0.25, -0.2) is 0 Å². The number of carbonyl (C=O) groups excluding carboxylic acids is 2. The summed E-state index contributed by atoms with van der Waals surface area (Å²) < 4.78 is 0. The summed E-state index contributed by atoms with van der Waals surface area (Å²) in [5.41, 5.74) is 0.775. The van der Waals surface area contributed by atoms with Gasteiger partial charge in [0, 0.05) is 26.1 Å². The maximum atomic E-state index is 12.1. The van der Waals surface area contributed by atoms with Crippen LogP contribution in [-0.2, 0) is 9.59 Å². The number of nitro benzene ring substituents is 1. The fourth-order valence-corrected chi connectivity index (χ4v) is 2.23. The average Bonchev–Trinajstić information content (AvgIpc) is 2.72. The van der Waals surface area contributed by atoms with Crippen LogP contribution in [0.1, 0.15) is 12.0 Å². The molecule has 106 valence electrons. The minimum atomic E-state index is -0.488. The lowest BCUT2D eigenvalue weighted by Crippen LogP contribution is -2.26. The minimum absolute atomic E-state index is 0.0394. The number of nitrogens with zero attached hydrogens (tertiary/aromatic N) is 2. The fourth-order valence-electron chi connectivity index (χ4n) is 2.23. The minimum Gasteiger partial charge on any atom is -0.345 e. The molecule has 0 aliphatic carbocycles. The Balaban J connectivity index is 2.15. The van der Waals surface area contributed by atoms with Gasteiger partial charge in [-0.3, -0.25) is 19.7 Å². The molecule has 1 aromatic carbocycles. The lowest BCUT2D eigenvalue weighted by Gasteiger charge is -2.12. The van der Waals surface area contributed by atoms with Crippen molar-refractivity contribution in [1.29, 1.82) is 0 Å². The largest absolute Gasteiger partial charge is 0.345 e. The van der Waals surface area contributed by atoms with Crippen molar-refractivity contribution in [2.75, 3.05) is 18.9 Å². The van der Waals surface area contributed by atoms with Gasteiger partial charge in [-0.15, -0.1) is 0 Å². The molecule has 1 aliphatic heterocycles. The van der Waals surface area contributed by atoms with E-state index in [1.165, 1.54) is 17.0 Å². The third-order valence-electron chi connectivity index (χ3n) is 3.47. The van der Waals surface area contributed by atoms with Gasteiger partial charge in [-0.1, -0.05) is 6.07 Å². The molecular weight excluding hydrogens is 262 g/mol. The number of rotatable bonds is 3. The van der Waals surface area contributed by atoms with E-state index in [1.54, 1.807) is 20.0 Å². The maximum Gasteiger partial charge on any atom is 0.274 e. The highest BCUT2D eigenvalue weighted by molar-refractivity contribution is 5.97. The van der Waals surface area contributed by atoms with Crippen LogP contribution >= 0.6 is 0 Å². The first-order valence-electron chi connectivity index (χ1n) is 6.19. The third kappa shape index (κ3) is 2.61. The Hall–Kier alpha value is -2.44. The van der Waals surface area contributed by atoms with Crippen molar-refractivity contribution in [2.45, 2.75) is 13.3 Å². The number of anilines is 1. The molecular formula is C13H15N3O4. The van der Waals surface area contributed by atoms with Crippen LogP contribution in [0.5, 0.6) is 0 Å². The summed E-state index contributed by atoms with van der Waals surface area (Å²) in [5.74, 6) is -0.765. The first-order valence-corrected chi connectivity index (χ1v) is 6.19. The van der Waals surface area contributed by atoms with E-state index in [1.807, 2.05) is 0 Å². The molecule has 7 heteroatoms. The lowest BCUT2D eigenvalue weighted by molar-refractivity contribution is -0.385. The molecule has 0 bridgehead atoms. The second-order valence-electron chi connectivity index (χ2n) is 4.87. The van der Waals surface area contributed by atoms with Gasteiger partial charge in [-0.05, 0) is 13.0 Å². The maximum absolute atomic E-state index is 12.1. The summed E-state index contributed by atoms with van der Waals surface area (Å²) in [6.45, 7) is 1.96. The molecule has 1 atom stereocenters. The predicted molar refractivity (Wildman–Crippen MR) is 72.2 cm³/mol. The summed E-state index contributed by atoms with van der Waals surface area (Å²) in [5, 5.41) is 13.5. The number of nitro groups is 1. The summed E-state index contributed by atoms with van der Waals surface area (Å²) in [4.78, 5) is 35.3. The third-order valence-corrected chi connectivity index (χ3v) is 3.47. The molecule has 0 aromatic heterocycles. The van der Waals surface area contributed by atoms with Crippen molar-refractivity contribution >= 4 is 23.2 Å². The SMILES string of the molecule is Cc1c(NC(=O)[C@H]2CC(=O)N(C)C2)cccc1[N+](=O)[O-]. The van der Waals surface area contributed by atoms with Gasteiger partial charge in [0.1, 0.15) is 0 Å².